The zero-order valence-electron chi connectivity index (χ0n) is 12.2. The minimum atomic E-state index is -0.347. The zero-order chi connectivity index (χ0) is 13.7. The lowest BCUT2D eigenvalue weighted by Crippen LogP contribution is -2.54. The summed E-state index contributed by atoms with van der Waals surface area (Å²) >= 11 is 0. The average Bonchev–Trinajstić information content (AvgIpc) is 2.89. The number of hydrogen-bond donors (Lipinski definition) is 2. The van der Waals surface area contributed by atoms with Gasteiger partial charge in [-0.15, -0.1) is 0 Å². The molecule has 0 radical (unpaired) electrons. The van der Waals surface area contributed by atoms with Crippen LogP contribution in [0.4, 0.5) is 0 Å². The van der Waals surface area contributed by atoms with E-state index in [0.29, 0.717) is 12.3 Å². The molecule has 2 atom stereocenters. The lowest BCUT2D eigenvalue weighted by Gasteiger charge is -2.39. The largest absolute Gasteiger partial charge is 0.394 e. The van der Waals surface area contributed by atoms with Crippen LogP contribution in [0.1, 0.15) is 51.9 Å². The fourth-order valence-electron chi connectivity index (χ4n) is 3.58. The summed E-state index contributed by atoms with van der Waals surface area (Å²) < 4.78 is 0. The molecule has 1 aliphatic carbocycles. The molecule has 1 heterocycles. The SMILES string of the molecule is CC1CCCC(CO)(NC(=O)CCN2CCCC2)C1. The third-order valence-corrected chi connectivity index (χ3v) is 4.65. The molecule has 4 heteroatoms. The summed E-state index contributed by atoms with van der Waals surface area (Å²) in [6.45, 7) is 5.42. The van der Waals surface area contributed by atoms with Gasteiger partial charge >= 0.3 is 0 Å². The number of carbonyl (C=O) groups is 1. The maximum absolute atomic E-state index is 12.1. The van der Waals surface area contributed by atoms with Crippen molar-refractivity contribution in [2.75, 3.05) is 26.2 Å². The molecule has 0 bridgehead atoms. The molecule has 1 aliphatic heterocycles. The first-order valence-electron chi connectivity index (χ1n) is 7.78. The van der Waals surface area contributed by atoms with Gasteiger partial charge in [-0.2, -0.15) is 0 Å². The highest BCUT2D eigenvalue weighted by Crippen LogP contribution is 2.32. The molecule has 4 nitrogen and oxygen atoms in total. The second-order valence-electron chi connectivity index (χ2n) is 6.49. The molecule has 0 spiro atoms. The van der Waals surface area contributed by atoms with Crippen LogP contribution in [0, 0.1) is 5.92 Å². The molecular formula is C15H28N2O2. The molecule has 2 N–H and O–H groups in total. The van der Waals surface area contributed by atoms with Crippen LogP contribution in [0.5, 0.6) is 0 Å². The van der Waals surface area contributed by atoms with E-state index in [1.54, 1.807) is 0 Å². The van der Waals surface area contributed by atoms with Crippen LogP contribution in [0.2, 0.25) is 0 Å². The topological polar surface area (TPSA) is 52.6 Å². The standard InChI is InChI=1S/C15H28N2O2/c1-13-5-4-7-15(11-13,12-18)16-14(19)6-10-17-8-2-3-9-17/h13,18H,2-12H2,1H3,(H,16,19). The Kier molecular flexibility index (Phi) is 5.22. The molecule has 1 saturated heterocycles. The number of likely N-dealkylation sites (tertiary alicyclic amines) is 1. The van der Waals surface area contributed by atoms with Crippen LogP contribution in [-0.4, -0.2) is 47.7 Å². The number of hydrogen-bond acceptors (Lipinski definition) is 3. The molecule has 1 amide bonds. The number of aliphatic hydroxyl groups excluding tert-OH is 1. The average molecular weight is 268 g/mol. The third-order valence-electron chi connectivity index (χ3n) is 4.65. The van der Waals surface area contributed by atoms with E-state index in [-0.39, 0.29) is 18.1 Å². The highest BCUT2D eigenvalue weighted by Gasteiger charge is 2.35. The minimum Gasteiger partial charge on any atom is -0.394 e. The first-order valence-corrected chi connectivity index (χ1v) is 7.78. The van der Waals surface area contributed by atoms with Gasteiger partial charge in [0.25, 0.3) is 0 Å². The van der Waals surface area contributed by atoms with E-state index in [1.165, 1.54) is 19.3 Å². The maximum Gasteiger partial charge on any atom is 0.221 e. The van der Waals surface area contributed by atoms with E-state index < -0.39 is 0 Å². The first kappa shape index (κ1) is 14.8. The van der Waals surface area contributed by atoms with E-state index in [0.717, 1.165) is 38.9 Å². The van der Waals surface area contributed by atoms with Gasteiger partial charge in [-0.05, 0) is 44.7 Å². The van der Waals surface area contributed by atoms with Crippen molar-refractivity contribution in [2.24, 2.45) is 5.92 Å². The van der Waals surface area contributed by atoms with Gasteiger partial charge in [-0.1, -0.05) is 19.8 Å². The molecule has 2 fully saturated rings. The van der Waals surface area contributed by atoms with Gasteiger partial charge in [0.15, 0.2) is 0 Å². The van der Waals surface area contributed by atoms with Crippen LogP contribution in [0.3, 0.4) is 0 Å². The molecule has 2 rings (SSSR count). The minimum absolute atomic E-state index is 0.0762. The number of carbonyl (C=O) groups excluding carboxylic acids is 1. The predicted molar refractivity (Wildman–Crippen MR) is 75.9 cm³/mol. The third kappa shape index (κ3) is 4.18. The van der Waals surface area contributed by atoms with Crippen LogP contribution in [0.15, 0.2) is 0 Å². The van der Waals surface area contributed by atoms with Crippen molar-refractivity contribution in [1.82, 2.24) is 10.2 Å². The summed E-state index contributed by atoms with van der Waals surface area (Å²) in [5.74, 6) is 0.704. The van der Waals surface area contributed by atoms with Crippen molar-refractivity contribution in [3.05, 3.63) is 0 Å². The van der Waals surface area contributed by atoms with Gasteiger partial charge < -0.3 is 15.3 Å². The van der Waals surface area contributed by atoms with Crippen LogP contribution in [0.25, 0.3) is 0 Å². The molecule has 1 saturated carbocycles. The number of nitrogens with one attached hydrogen (secondary N) is 1. The molecule has 0 aromatic carbocycles. The Morgan fingerprint density at radius 1 is 1.37 bits per heavy atom. The molecule has 19 heavy (non-hydrogen) atoms. The predicted octanol–water partition coefficient (Wildman–Crippen LogP) is 1.53. The Labute approximate surface area is 116 Å². The van der Waals surface area contributed by atoms with Crippen molar-refractivity contribution in [1.29, 1.82) is 0 Å². The first-order chi connectivity index (χ1) is 9.13. The molecule has 0 aromatic rings. The van der Waals surface area contributed by atoms with E-state index >= 15 is 0 Å². The van der Waals surface area contributed by atoms with Gasteiger partial charge in [0.1, 0.15) is 0 Å². The van der Waals surface area contributed by atoms with E-state index in [2.05, 4.69) is 17.1 Å². The molecule has 0 aromatic heterocycles. The Balaban J connectivity index is 1.78. The summed E-state index contributed by atoms with van der Waals surface area (Å²) in [5, 5.41) is 12.8. The molecule has 2 unspecified atom stereocenters. The van der Waals surface area contributed by atoms with Crippen LogP contribution in [-0.2, 0) is 4.79 Å². The smallest absolute Gasteiger partial charge is 0.221 e. The summed E-state index contributed by atoms with van der Waals surface area (Å²) in [5.41, 5.74) is -0.347. The molecule has 110 valence electrons. The zero-order valence-corrected chi connectivity index (χ0v) is 12.2. The van der Waals surface area contributed by atoms with E-state index in [4.69, 9.17) is 0 Å². The van der Waals surface area contributed by atoms with Crippen molar-refractivity contribution in [3.8, 4) is 0 Å². The van der Waals surface area contributed by atoms with Crippen molar-refractivity contribution in [3.63, 3.8) is 0 Å². The number of amides is 1. The quantitative estimate of drug-likeness (QED) is 0.795. The maximum atomic E-state index is 12.1. The lowest BCUT2D eigenvalue weighted by atomic mass is 9.77. The molecule has 2 aliphatic rings. The van der Waals surface area contributed by atoms with Crippen LogP contribution >= 0.6 is 0 Å². The van der Waals surface area contributed by atoms with Gasteiger partial charge in [0.2, 0.25) is 5.91 Å². The van der Waals surface area contributed by atoms with Crippen LogP contribution < -0.4 is 5.32 Å². The van der Waals surface area contributed by atoms with E-state index in [1.807, 2.05) is 0 Å². The van der Waals surface area contributed by atoms with Crippen molar-refractivity contribution in [2.45, 2.75) is 57.4 Å². The fourth-order valence-corrected chi connectivity index (χ4v) is 3.58. The fraction of sp³-hybridized carbons (Fsp3) is 0.933. The Morgan fingerprint density at radius 3 is 2.74 bits per heavy atom. The van der Waals surface area contributed by atoms with Crippen molar-refractivity contribution < 1.29 is 9.90 Å². The van der Waals surface area contributed by atoms with Gasteiger partial charge in [0.05, 0.1) is 12.1 Å². The van der Waals surface area contributed by atoms with Gasteiger partial charge in [0, 0.05) is 13.0 Å². The monoisotopic (exact) mass is 268 g/mol. The Bertz CT molecular complexity index is 303. The van der Waals surface area contributed by atoms with Crippen molar-refractivity contribution >= 4 is 5.91 Å². The number of rotatable bonds is 5. The summed E-state index contributed by atoms with van der Waals surface area (Å²) in [4.78, 5) is 14.4. The Hall–Kier alpha value is -0.610. The highest BCUT2D eigenvalue weighted by molar-refractivity contribution is 5.77. The second-order valence-corrected chi connectivity index (χ2v) is 6.49. The Morgan fingerprint density at radius 2 is 2.11 bits per heavy atom. The normalized spacial score (nSPS) is 32.4. The van der Waals surface area contributed by atoms with E-state index in [9.17, 15) is 9.90 Å². The summed E-state index contributed by atoms with van der Waals surface area (Å²) in [6.07, 6.45) is 7.25. The molecular weight excluding hydrogens is 240 g/mol. The van der Waals surface area contributed by atoms with Gasteiger partial charge in [-0.3, -0.25) is 4.79 Å². The second kappa shape index (κ2) is 6.71. The summed E-state index contributed by atoms with van der Waals surface area (Å²) in [6, 6.07) is 0. The summed E-state index contributed by atoms with van der Waals surface area (Å²) in [7, 11) is 0. The van der Waals surface area contributed by atoms with Gasteiger partial charge in [-0.25, -0.2) is 0 Å². The lowest BCUT2D eigenvalue weighted by molar-refractivity contribution is -0.124. The number of aliphatic hydroxyl groups is 1. The highest BCUT2D eigenvalue weighted by atomic mass is 16.3. The number of nitrogens with zero attached hydrogens (tertiary/aromatic N) is 1.